The summed E-state index contributed by atoms with van der Waals surface area (Å²) in [6.07, 6.45) is 3.71. The van der Waals surface area contributed by atoms with Gasteiger partial charge in [0.05, 0.1) is 0 Å². The summed E-state index contributed by atoms with van der Waals surface area (Å²) < 4.78 is 27.1. The Hall–Kier alpha value is -1.74. The molecule has 104 valence electrons. The minimum atomic E-state index is -0.555. The average molecular weight is 273 g/mol. The van der Waals surface area contributed by atoms with Gasteiger partial charge in [-0.15, -0.1) is 0 Å². The quantitative estimate of drug-likeness (QED) is 0.864. The van der Waals surface area contributed by atoms with Gasteiger partial charge >= 0.3 is 0 Å². The van der Waals surface area contributed by atoms with Crippen molar-refractivity contribution in [3.63, 3.8) is 0 Å². The second kappa shape index (κ2) is 4.98. The van der Waals surface area contributed by atoms with E-state index in [4.69, 9.17) is 5.73 Å². The maximum atomic E-state index is 14.1. The predicted molar refractivity (Wildman–Crippen MR) is 76.1 cm³/mol. The largest absolute Gasteiger partial charge is 0.321 e. The lowest BCUT2D eigenvalue weighted by atomic mass is 9.87. The molecule has 0 unspecified atom stereocenters. The molecule has 3 rings (SSSR count). The summed E-state index contributed by atoms with van der Waals surface area (Å²) in [4.78, 5) is 0. The maximum Gasteiger partial charge on any atom is 0.128 e. The zero-order valence-electron chi connectivity index (χ0n) is 11.2. The highest BCUT2D eigenvalue weighted by atomic mass is 19.1. The van der Waals surface area contributed by atoms with E-state index in [2.05, 4.69) is 0 Å². The number of nitrogens with two attached hydrogens (primary N) is 1. The second-order valence-corrected chi connectivity index (χ2v) is 5.56. The molecule has 1 aliphatic carbocycles. The van der Waals surface area contributed by atoms with E-state index in [9.17, 15) is 8.78 Å². The lowest BCUT2D eigenvalue weighted by Crippen LogP contribution is -2.34. The molecule has 2 N–H and O–H groups in total. The third kappa shape index (κ3) is 2.34. The van der Waals surface area contributed by atoms with Crippen LogP contribution in [0, 0.1) is 11.6 Å². The molecule has 0 amide bonds. The first-order valence-electron chi connectivity index (χ1n) is 6.93. The van der Waals surface area contributed by atoms with Crippen molar-refractivity contribution in [3.8, 4) is 11.1 Å². The van der Waals surface area contributed by atoms with Crippen molar-refractivity contribution < 1.29 is 8.78 Å². The van der Waals surface area contributed by atoms with Crippen LogP contribution in [0.15, 0.2) is 42.5 Å². The first-order chi connectivity index (χ1) is 9.58. The van der Waals surface area contributed by atoms with Gasteiger partial charge in [0.1, 0.15) is 11.6 Å². The monoisotopic (exact) mass is 273 g/mol. The van der Waals surface area contributed by atoms with Crippen LogP contribution in [0.2, 0.25) is 0 Å². The van der Waals surface area contributed by atoms with Crippen molar-refractivity contribution in [3.05, 3.63) is 59.7 Å². The molecule has 0 radical (unpaired) electrons. The van der Waals surface area contributed by atoms with E-state index < -0.39 is 5.54 Å². The van der Waals surface area contributed by atoms with E-state index >= 15 is 0 Å². The average Bonchev–Trinajstić information content (AvgIpc) is 2.88. The predicted octanol–water partition coefficient (Wildman–Crippen LogP) is 4.36. The molecular formula is C17H17F2N. The lowest BCUT2D eigenvalue weighted by molar-refractivity contribution is 0.433. The van der Waals surface area contributed by atoms with Gasteiger partial charge in [-0.2, -0.15) is 0 Å². The van der Waals surface area contributed by atoms with Gasteiger partial charge in [-0.3, -0.25) is 0 Å². The van der Waals surface area contributed by atoms with Crippen molar-refractivity contribution >= 4 is 0 Å². The topological polar surface area (TPSA) is 26.0 Å². The molecular weight excluding hydrogens is 256 g/mol. The molecule has 1 fully saturated rings. The number of benzene rings is 2. The molecule has 3 heteroatoms. The minimum Gasteiger partial charge on any atom is -0.321 e. The standard InChI is InChI=1S/C17H17F2N/c18-14-6-3-12(4-7-14)13-5-8-16(19)15(11-13)17(20)9-1-2-10-17/h3-8,11H,1-2,9-10,20H2. The molecule has 1 aliphatic rings. The lowest BCUT2D eigenvalue weighted by Gasteiger charge is -2.25. The van der Waals surface area contributed by atoms with Crippen LogP contribution in [-0.4, -0.2) is 0 Å². The Bertz CT molecular complexity index is 613. The van der Waals surface area contributed by atoms with E-state index in [1.54, 1.807) is 18.2 Å². The summed E-state index contributed by atoms with van der Waals surface area (Å²) in [6.45, 7) is 0. The van der Waals surface area contributed by atoms with Gasteiger partial charge < -0.3 is 5.73 Å². The number of halogens is 2. The van der Waals surface area contributed by atoms with E-state index in [1.165, 1.54) is 18.2 Å². The van der Waals surface area contributed by atoms with Crippen molar-refractivity contribution in [1.29, 1.82) is 0 Å². The number of hydrogen-bond acceptors (Lipinski definition) is 1. The molecule has 20 heavy (non-hydrogen) atoms. The van der Waals surface area contributed by atoms with Crippen LogP contribution in [0.3, 0.4) is 0 Å². The van der Waals surface area contributed by atoms with Crippen LogP contribution in [0.4, 0.5) is 8.78 Å². The van der Waals surface area contributed by atoms with E-state index in [0.717, 1.165) is 36.8 Å². The third-order valence-corrected chi connectivity index (χ3v) is 4.18. The molecule has 0 saturated heterocycles. The molecule has 2 aromatic carbocycles. The fraction of sp³-hybridized carbons (Fsp3) is 0.294. The molecule has 0 atom stereocenters. The molecule has 1 saturated carbocycles. The Balaban J connectivity index is 2.04. The molecule has 0 aliphatic heterocycles. The van der Waals surface area contributed by atoms with Gasteiger partial charge in [0.2, 0.25) is 0 Å². The Morgan fingerprint density at radius 1 is 0.850 bits per heavy atom. The Morgan fingerprint density at radius 2 is 1.45 bits per heavy atom. The fourth-order valence-corrected chi connectivity index (χ4v) is 3.00. The third-order valence-electron chi connectivity index (χ3n) is 4.18. The Kier molecular flexibility index (Phi) is 3.30. The number of hydrogen-bond donors (Lipinski definition) is 1. The normalized spacial score (nSPS) is 17.4. The first kappa shape index (κ1) is 13.3. The van der Waals surface area contributed by atoms with E-state index in [-0.39, 0.29) is 11.6 Å². The number of rotatable bonds is 2. The van der Waals surface area contributed by atoms with Crippen molar-refractivity contribution in [2.24, 2.45) is 5.73 Å². The smallest absolute Gasteiger partial charge is 0.128 e. The molecule has 0 spiro atoms. The maximum absolute atomic E-state index is 14.1. The Morgan fingerprint density at radius 3 is 2.10 bits per heavy atom. The van der Waals surface area contributed by atoms with Crippen LogP contribution in [0.5, 0.6) is 0 Å². The van der Waals surface area contributed by atoms with Crippen LogP contribution in [0.1, 0.15) is 31.2 Å². The highest BCUT2D eigenvalue weighted by molar-refractivity contribution is 5.64. The summed E-state index contributed by atoms with van der Waals surface area (Å²) in [7, 11) is 0. The van der Waals surface area contributed by atoms with E-state index in [0.29, 0.717) is 5.56 Å². The van der Waals surface area contributed by atoms with E-state index in [1.807, 2.05) is 6.07 Å². The van der Waals surface area contributed by atoms with Crippen molar-refractivity contribution in [2.45, 2.75) is 31.2 Å². The van der Waals surface area contributed by atoms with Gasteiger partial charge in [-0.1, -0.05) is 31.0 Å². The van der Waals surface area contributed by atoms with Crippen LogP contribution < -0.4 is 5.73 Å². The fourth-order valence-electron chi connectivity index (χ4n) is 3.00. The van der Waals surface area contributed by atoms with Gasteiger partial charge in [-0.25, -0.2) is 8.78 Å². The van der Waals surface area contributed by atoms with Crippen LogP contribution in [0.25, 0.3) is 11.1 Å². The SMILES string of the molecule is NC1(c2cc(-c3ccc(F)cc3)ccc2F)CCCC1. The molecule has 0 bridgehead atoms. The van der Waals surface area contributed by atoms with Crippen molar-refractivity contribution in [2.75, 3.05) is 0 Å². The van der Waals surface area contributed by atoms with Gasteiger partial charge in [0.25, 0.3) is 0 Å². The summed E-state index contributed by atoms with van der Waals surface area (Å²) in [5, 5.41) is 0. The molecule has 0 heterocycles. The molecule has 1 nitrogen and oxygen atoms in total. The highest BCUT2D eigenvalue weighted by Gasteiger charge is 2.33. The van der Waals surface area contributed by atoms with Crippen molar-refractivity contribution in [1.82, 2.24) is 0 Å². The zero-order chi connectivity index (χ0) is 14.2. The summed E-state index contributed by atoms with van der Waals surface area (Å²) in [5.74, 6) is -0.526. The summed E-state index contributed by atoms with van der Waals surface area (Å²) in [6, 6.07) is 11.2. The first-order valence-corrected chi connectivity index (χ1v) is 6.93. The minimum absolute atomic E-state index is 0.250. The second-order valence-electron chi connectivity index (χ2n) is 5.56. The highest BCUT2D eigenvalue weighted by Crippen LogP contribution is 2.38. The zero-order valence-corrected chi connectivity index (χ0v) is 11.2. The van der Waals surface area contributed by atoms with Crippen LogP contribution >= 0.6 is 0 Å². The summed E-state index contributed by atoms with van der Waals surface area (Å²) >= 11 is 0. The summed E-state index contributed by atoms with van der Waals surface area (Å²) in [5.41, 5.74) is 8.12. The van der Waals surface area contributed by atoms with Gasteiger partial charge in [0.15, 0.2) is 0 Å². The Labute approximate surface area is 117 Å². The van der Waals surface area contributed by atoms with Gasteiger partial charge in [-0.05, 0) is 48.2 Å². The van der Waals surface area contributed by atoms with Gasteiger partial charge in [0, 0.05) is 11.1 Å². The molecule has 0 aromatic heterocycles. The van der Waals surface area contributed by atoms with Crippen LogP contribution in [-0.2, 0) is 5.54 Å². The molecule has 2 aromatic rings.